The standard InChI is InChI=1S/C39H43ClN4O5/c1-6-8-9-12-27(38(46)43(3)4)36(45)41-30-16-11-13-24(23(30)7-2)25-14-10-15-26(35(25)40)31-19-22-17-18-32(33(22)37(42-31)49-5)44-20-28-29(21-44)34(28)39(47)48/h8-16,19,28-29,32,34H,6-7,17-18,20-21H2,1-5H3,(H,41,45)(H,47,48)/b9-8+,27-12-. The third-order valence-corrected chi connectivity index (χ3v) is 10.5. The third-order valence-electron chi connectivity index (χ3n) is 10.1. The molecule has 1 saturated heterocycles. The maximum absolute atomic E-state index is 13.5. The van der Waals surface area contributed by atoms with Gasteiger partial charge in [0.25, 0.3) is 11.8 Å². The number of aliphatic carboxylic acids is 1. The minimum atomic E-state index is -0.676. The number of hydrogen-bond acceptors (Lipinski definition) is 6. The van der Waals surface area contributed by atoms with Crippen molar-refractivity contribution in [3.63, 3.8) is 0 Å². The fourth-order valence-corrected chi connectivity index (χ4v) is 8.00. The van der Waals surface area contributed by atoms with E-state index in [0.29, 0.717) is 23.0 Å². The highest BCUT2D eigenvalue weighted by atomic mass is 35.5. The number of likely N-dealkylation sites (N-methyl/N-ethyl adjacent to an activating group) is 1. The fraction of sp³-hybridized carbons (Fsp3) is 0.385. The minimum Gasteiger partial charge on any atom is -0.481 e. The number of carboxylic acid groups (broad SMARTS) is 1. The number of aryl methyl sites for hydroxylation is 1. The molecular formula is C39H43ClN4O5. The number of likely N-dealkylation sites (tertiary alicyclic amines) is 1. The third kappa shape index (κ3) is 6.49. The van der Waals surface area contributed by atoms with Crippen LogP contribution in [0.1, 0.15) is 49.4 Å². The second kappa shape index (κ2) is 14.2. The van der Waals surface area contributed by atoms with E-state index in [0.717, 1.165) is 65.9 Å². The lowest BCUT2D eigenvalue weighted by Gasteiger charge is -2.27. The number of piperidine rings is 1. The average molecular weight is 683 g/mol. The summed E-state index contributed by atoms with van der Waals surface area (Å²) in [4.78, 5) is 46.6. The molecular weight excluding hydrogens is 640 g/mol. The second-order valence-electron chi connectivity index (χ2n) is 13.2. The first kappa shape index (κ1) is 34.4. The van der Waals surface area contributed by atoms with Crippen LogP contribution in [0.15, 0.2) is 66.3 Å². The van der Waals surface area contributed by atoms with Crippen molar-refractivity contribution in [3.05, 3.63) is 88.0 Å². The Labute approximate surface area is 292 Å². The Kier molecular flexibility index (Phi) is 9.95. The van der Waals surface area contributed by atoms with Crippen LogP contribution >= 0.6 is 11.6 Å². The quantitative estimate of drug-likeness (QED) is 0.0989. The summed E-state index contributed by atoms with van der Waals surface area (Å²) >= 11 is 7.21. The van der Waals surface area contributed by atoms with Crippen molar-refractivity contribution in [1.29, 1.82) is 0 Å². The van der Waals surface area contributed by atoms with Crippen LogP contribution < -0.4 is 10.1 Å². The normalized spacial score (nSPS) is 21.4. The monoisotopic (exact) mass is 682 g/mol. The predicted octanol–water partition coefficient (Wildman–Crippen LogP) is 6.81. The number of methoxy groups -OCH3 is 1. The lowest BCUT2D eigenvalue weighted by atomic mass is 9.94. The Bertz CT molecular complexity index is 1860. The van der Waals surface area contributed by atoms with Gasteiger partial charge in [-0.3, -0.25) is 19.3 Å². The van der Waals surface area contributed by atoms with Gasteiger partial charge in [0.15, 0.2) is 0 Å². The van der Waals surface area contributed by atoms with E-state index in [9.17, 15) is 19.5 Å². The first-order chi connectivity index (χ1) is 23.6. The Morgan fingerprint density at radius 3 is 2.43 bits per heavy atom. The molecule has 3 unspecified atom stereocenters. The number of nitrogens with zero attached hydrogens (tertiary/aromatic N) is 3. The first-order valence-corrected chi connectivity index (χ1v) is 17.3. The number of nitrogens with one attached hydrogen (secondary N) is 1. The number of amides is 2. The highest BCUT2D eigenvalue weighted by molar-refractivity contribution is 6.36. The number of benzene rings is 2. The molecule has 2 fully saturated rings. The molecule has 2 N–H and O–H groups in total. The van der Waals surface area contributed by atoms with Gasteiger partial charge in [0.2, 0.25) is 5.88 Å². The Hall–Kier alpha value is -4.47. The second-order valence-corrected chi connectivity index (χ2v) is 13.6. The summed E-state index contributed by atoms with van der Waals surface area (Å²) in [6.07, 6.45) is 8.38. The number of allylic oxidation sites excluding steroid dienone is 3. The predicted molar refractivity (Wildman–Crippen MR) is 192 cm³/mol. The van der Waals surface area contributed by atoms with Crippen molar-refractivity contribution < 1.29 is 24.2 Å². The zero-order chi connectivity index (χ0) is 35.0. The molecule has 2 aliphatic carbocycles. The lowest BCUT2D eigenvalue weighted by molar-refractivity contribution is -0.139. The van der Waals surface area contributed by atoms with Gasteiger partial charge in [-0.25, -0.2) is 4.98 Å². The number of carbonyl (C=O) groups is 3. The number of pyridine rings is 1. The van der Waals surface area contributed by atoms with E-state index in [1.807, 2.05) is 56.3 Å². The summed E-state index contributed by atoms with van der Waals surface area (Å²) in [5, 5.41) is 13.0. The van der Waals surface area contributed by atoms with Crippen LogP contribution in [0.5, 0.6) is 5.88 Å². The fourth-order valence-electron chi connectivity index (χ4n) is 7.67. The maximum atomic E-state index is 13.5. The van der Waals surface area contributed by atoms with E-state index in [2.05, 4.69) is 16.3 Å². The SMILES string of the molecule is CC/C=C/C=C(/C(=O)Nc1cccc(-c2cccc(-c3cc4c(c(OC)n3)C(N3CC5C(C3)C5C(=O)O)CC4)c2Cl)c1CC)C(=O)N(C)C. The Balaban J connectivity index is 1.30. The number of ether oxygens (including phenoxy) is 1. The van der Waals surface area contributed by atoms with Gasteiger partial charge in [-0.05, 0) is 72.4 Å². The number of rotatable bonds is 11. The van der Waals surface area contributed by atoms with Crippen molar-refractivity contribution in [2.75, 3.05) is 39.6 Å². The van der Waals surface area contributed by atoms with Crippen LogP contribution in [0.2, 0.25) is 5.02 Å². The van der Waals surface area contributed by atoms with Gasteiger partial charge < -0.3 is 20.1 Å². The smallest absolute Gasteiger partial charge is 0.307 e. The molecule has 3 aromatic rings. The zero-order valence-corrected chi connectivity index (χ0v) is 29.4. The largest absolute Gasteiger partial charge is 0.481 e. The van der Waals surface area contributed by atoms with E-state index >= 15 is 0 Å². The average Bonchev–Trinajstić information content (AvgIpc) is 3.37. The number of anilines is 1. The summed E-state index contributed by atoms with van der Waals surface area (Å²) in [6.45, 7) is 5.60. The van der Waals surface area contributed by atoms with Crippen molar-refractivity contribution in [2.45, 2.75) is 45.6 Å². The molecule has 0 spiro atoms. The lowest BCUT2D eigenvalue weighted by Crippen LogP contribution is -2.30. The molecule has 49 heavy (non-hydrogen) atoms. The van der Waals surface area contributed by atoms with E-state index in [1.165, 1.54) is 10.5 Å². The molecule has 2 heterocycles. The van der Waals surface area contributed by atoms with E-state index in [-0.39, 0.29) is 35.3 Å². The van der Waals surface area contributed by atoms with Crippen LogP contribution in [0.4, 0.5) is 5.69 Å². The molecule has 0 bridgehead atoms. The summed E-state index contributed by atoms with van der Waals surface area (Å²) in [5.41, 5.74) is 7.00. The topological polar surface area (TPSA) is 112 Å². The van der Waals surface area contributed by atoms with Gasteiger partial charge >= 0.3 is 5.97 Å². The first-order valence-electron chi connectivity index (χ1n) is 16.9. The Morgan fingerprint density at radius 1 is 1.08 bits per heavy atom. The van der Waals surface area contributed by atoms with Crippen molar-refractivity contribution in [1.82, 2.24) is 14.8 Å². The van der Waals surface area contributed by atoms with E-state index in [4.69, 9.17) is 21.3 Å². The minimum absolute atomic E-state index is 0.0482. The number of halogens is 1. The molecule has 9 nitrogen and oxygen atoms in total. The molecule has 3 atom stereocenters. The summed E-state index contributed by atoms with van der Waals surface area (Å²) in [6, 6.07) is 13.8. The summed E-state index contributed by atoms with van der Waals surface area (Å²) in [5.74, 6) is -0.678. The van der Waals surface area contributed by atoms with Gasteiger partial charge in [-0.2, -0.15) is 0 Å². The molecule has 1 aromatic heterocycles. The van der Waals surface area contributed by atoms with Crippen molar-refractivity contribution >= 4 is 35.1 Å². The number of hydrogen-bond donors (Lipinski definition) is 2. The van der Waals surface area contributed by atoms with Gasteiger partial charge in [0, 0.05) is 55.6 Å². The maximum Gasteiger partial charge on any atom is 0.307 e. The number of carbonyl (C=O) groups excluding carboxylic acids is 2. The van der Waals surface area contributed by atoms with Gasteiger partial charge in [0.05, 0.1) is 23.7 Å². The van der Waals surface area contributed by atoms with Crippen LogP contribution in [0.3, 0.4) is 0 Å². The van der Waals surface area contributed by atoms with Crippen LogP contribution in [0, 0.1) is 17.8 Å². The number of fused-ring (bicyclic) bond motifs is 2. The van der Waals surface area contributed by atoms with Crippen molar-refractivity contribution in [3.8, 4) is 28.3 Å². The van der Waals surface area contributed by atoms with Crippen LogP contribution in [0.25, 0.3) is 22.4 Å². The summed E-state index contributed by atoms with van der Waals surface area (Å²) < 4.78 is 5.88. The van der Waals surface area contributed by atoms with Gasteiger partial charge in [-0.1, -0.05) is 67.9 Å². The van der Waals surface area contributed by atoms with Gasteiger partial charge in [0.1, 0.15) is 5.57 Å². The van der Waals surface area contributed by atoms with Crippen LogP contribution in [-0.4, -0.2) is 72.0 Å². The van der Waals surface area contributed by atoms with Gasteiger partial charge in [-0.15, -0.1) is 0 Å². The van der Waals surface area contributed by atoms with E-state index in [1.54, 1.807) is 33.4 Å². The molecule has 1 aliphatic heterocycles. The molecule has 256 valence electrons. The molecule has 1 saturated carbocycles. The van der Waals surface area contributed by atoms with Crippen molar-refractivity contribution in [2.24, 2.45) is 17.8 Å². The molecule has 10 heteroatoms. The number of carboxylic acids is 1. The molecule has 2 aromatic carbocycles. The molecule has 6 rings (SSSR count). The summed E-state index contributed by atoms with van der Waals surface area (Å²) in [7, 11) is 4.89. The highest BCUT2D eigenvalue weighted by Gasteiger charge is 2.60. The highest BCUT2D eigenvalue weighted by Crippen LogP contribution is 2.55. The van der Waals surface area contributed by atoms with Crippen LogP contribution in [-0.2, 0) is 27.2 Å². The molecule has 0 radical (unpaired) electrons. The molecule has 3 aliphatic rings. The van der Waals surface area contributed by atoms with E-state index < -0.39 is 11.9 Å². The molecule has 2 amide bonds. The number of aromatic nitrogens is 1. The zero-order valence-electron chi connectivity index (χ0n) is 28.6. The Morgan fingerprint density at radius 2 is 1.78 bits per heavy atom.